The maximum atomic E-state index is 4.26. The molecule has 92 valence electrons. The topological polar surface area (TPSA) is 37.8 Å². The van der Waals surface area contributed by atoms with Crippen LogP contribution in [0.2, 0.25) is 0 Å². The number of aromatic nitrogens is 2. The van der Waals surface area contributed by atoms with Gasteiger partial charge in [-0.15, -0.1) is 5.10 Å². The lowest BCUT2D eigenvalue weighted by molar-refractivity contribution is 0.494. The molecule has 0 aliphatic heterocycles. The largest absolute Gasteiger partial charge is 0.309 e. The van der Waals surface area contributed by atoms with Gasteiger partial charge in [-0.05, 0) is 36.8 Å². The van der Waals surface area contributed by atoms with Gasteiger partial charge in [-0.2, -0.15) is 0 Å². The van der Waals surface area contributed by atoms with Gasteiger partial charge in [-0.3, -0.25) is 0 Å². The smallest absolute Gasteiger partial charge is 0.0829 e. The summed E-state index contributed by atoms with van der Waals surface area (Å²) < 4.78 is 4.11. The van der Waals surface area contributed by atoms with Crippen molar-refractivity contribution in [3.63, 3.8) is 0 Å². The molecule has 0 fully saturated rings. The molecule has 1 unspecified atom stereocenters. The highest BCUT2D eigenvalue weighted by Gasteiger charge is 2.19. The molecule has 1 heterocycles. The number of rotatable bonds is 7. The minimum atomic E-state index is 0.447. The highest BCUT2D eigenvalue weighted by atomic mass is 32.1. The molecule has 4 heteroatoms. The molecular formula is C12H23N3S. The van der Waals surface area contributed by atoms with Gasteiger partial charge in [0.05, 0.1) is 10.6 Å². The summed E-state index contributed by atoms with van der Waals surface area (Å²) in [5, 5.41) is 7.85. The van der Waals surface area contributed by atoms with Gasteiger partial charge in [0.1, 0.15) is 0 Å². The summed E-state index contributed by atoms with van der Waals surface area (Å²) >= 11 is 1.55. The molecule has 1 aromatic rings. The van der Waals surface area contributed by atoms with Crippen molar-refractivity contribution in [2.24, 2.45) is 0 Å². The fourth-order valence-electron chi connectivity index (χ4n) is 1.78. The van der Waals surface area contributed by atoms with Gasteiger partial charge in [0.15, 0.2) is 0 Å². The third kappa shape index (κ3) is 3.52. The highest BCUT2D eigenvalue weighted by molar-refractivity contribution is 7.05. The molecule has 0 bridgehead atoms. The predicted molar refractivity (Wildman–Crippen MR) is 69.9 cm³/mol. The van der Waals surface area contributed by atoms with E-state index in [4.69, 9.17) is 0 Å². The van der Waals surface area contributed by atoms with Crippen LogP contribution in [0.3, 0.4) is 0 Å². The summed E-state index contributed by atoms with van der Waals surface area (Å²) in [6, 6.07) is 0.447. The van der Waals surface area contributed by atoms with Crippen LogP contribution < -0.4 is 5.32 Å². The minimum Gasteiger partial charge on any atom is -0.309 e. The van der Waals surface area contributed by atoms with E-state index in [1.54, 1.807) is 11.5 Å². The van der Waals surface area contributed by atoms with Crippen molar-refractivity contribution >= 4 is 11.5 Å². The average molecular weight is 241 g/mol. The lowest BCUT2D eigenvalue weighted by Gasteiger charge is -2.17. The van der Waals surface area contributed by atoms with E-state index in [-0.39, 0.29) is 0 Å². The van der Waals surface area contributed by atoms with Crippen LogP contribution in [0.4, 0.5) is 0 Å². The van der Waals surface area contributed by atoms with Crippen LogP contribution in [0.1, 0.15) is 69.5 Å². The van der Waals surface area contributed by atoms with Crippen LogP contribution in [0.15, 0.2) is 0 Å². The van der Waals surface area contributed by atoms with Crippen LogP contribution in [0, 0.1) is 0 Å². The van der Waals surface area contributed by atoms with E-state index in [1.165, 1.54) is 29.8 Å². The van der Waals surface area contributed by atoms with Crippen LogP contribution in [0.5, 0.6) is 0 Å². The van der Waals surface area contributed by atoms with Crippen molar-refractivity contribution in [2.45, 2.75) is 58.9 Å². The third-order valence-corrected chi connectivity index (χ3v) is 3.48. The first-order valence-electron chi connectivity index (χ1n) is 6.26. The molecule has 0 amide bonds. The Morgan fingerprint density at radius 2 is 2.00 bits per heavy atom. The van der Waals surface area contributed by atoms with Gasteiger partial charge >= 0.3 is 0 Å². The van der Waals surface area contributed by atoms with E-state index < -0.39 is 0 Å². The number of nitrogens with one attached hydrogen (secondary N) is 1. The second-order valence-electron chi connectivity index (χ2n) is 4.47. The molecule has 0 radical (unpaired) electrons. The van der Waals surface area contributed by atoms with Gasteiger partial charge in [-0.1, -0.05) is 38.6 Å². The Bertz CT molecular complexity index is 296. The average Bonchev–Trinajstić information content (AvgIpc) is 2.73. The van der Waals surface area contributed by atoms with Crippen LogP contribution in [-0.4, -0.2) is 16.1 Å². The lowest BCUT2D eigenvalue weighted by atomic mass is 10.0. The molecule has 0 aliphatic carbocycles. The Morgan fingerprint density at radius 3 is 2.56 bits per heavy atom. The Hall–Kier alpha value is -0.480. The van der Waals surface area contributed by atoms with Crippen LogP contribution in [0.25, 0.3) is 0 Å². The number of nitrogens with zero attached hydrogens (tertiary/aromatic N) is 2. The first-order valence-corrected chi connectivity index (χ1v) is 7.03. The van der Waals surface area contributed by atoms with E-state index in [9.17, 15) is 0 Å². The molecule has 0 saturated carbocycles. The Morgan fingerprint density at radius 1 is 1.25 bits per heavy atom. The monoisotopic (exact) mass is 241 g/mol. The van der Waals surface area contributed by atoms with Gasteiger partial charge in [0, 0.05) is 6.04 Å². The van der Waals surface area contributed by atoms with Gasteiger partial charge in [-0.25, -0.2) is 0 Å². The Balaban J connectivity index is 2.78. The Labute approximate surface area is 103 Å². The van der Waals surface area contributed by atoms with E-state index in [1.807, 2.05) is 0 Å². The summed E-state index contributed by atoms with van der Waals surface area (Å²) in [6.07, 6.45) is 3.53. The third-order valence-electron chi connectivity index (χ3n) is 2.62. The van der Waals surface area contributed by atoms with Gasteiger partial charge in [0.2, 0.25) is 0 Å². The molecular weight excluding hydrogens is 218 g/mol. The van der Waals surface area contributed by atoms with Gasteiger partial charge < -0.3 is 5.32 Å². The minimum absolute atomic E-state index is 0.447. The quantitative estimate of drug-likeness (QED) is 0.794. The summed E-state index contributed by atoms with van der Waals surface area (Å²) in [4.78, 5) is 1.34. The standard InChI is InChI=1S/C12H23N3S/c1-5-7-10(13-8-6-2)12-11(9(3)4)14-15-16-12/h9-10,13H,5-8H2,1-4H3. The fourth-order valence-corrected chi connectivity index (χ4v) is 2.69. The van der Waals surface area contributed by atoms with Crippen molar-refractivity contribution < 1.29 is 0 Å². The molecule has 0 spiro atoms. The zero-order valence-corrected chi connectivity index (χ0v) is 11.6. The highest BCUT2D eigenvalue weighted by Crippen LogP contribution is 2.28. The lowest BCUT2D eigenvalue weighted by Crippen LogP contribution is -2.22. The van der Waals surface area contributed by atoms with Crippen molar-refractivity contribution in [1.29, 1.82) is 0 Å². The van der Waals surface area contributed by atoms with Crippen molar-refractivity contribution in [1.82, 2.24) is 14.9 Å². The van der Waals surface area contributed by atoms with E-state index >= 15 is 0 Å². The molecule has 16 heavy (non-hydrogen) atoms. The molecule has 1 aromatic heterocycles. The summed E-state index contributed by atoms with van der Waals surface area (Å²) in [6.45, 7) is 9.86. The van der Waals surface area contributed by atoms with Crippen molar-refractivity contribution in [2.75, 3.05) is 6.54 Å². The Kier molecular flexibility index (Phi) is 5.91. The second kappa shape index (κ2) is 6.97. The van der Waals surface area contributed by atoms with E-state index in [2.05, 4.69) is 42.6 Å². The van der Waals surface area contributed by atoms with Crippen molar-refractivity contribution in [3.05, 3.63) is 10.6 Å². The van der Waals surface area contributed by atoms with Gasteiger partial charge in [0.25, 0.3) is 0 Å². The van der Waals surface area contributed by atoms with E-state index in [0.717, 1.165) is 6.54 Å². The maximum Gasteiger partial charge on any atom is 0.0829 e. The molecule has 0 saturated heterocycles. The molecule has 3 nitrogen and oxygen atoms in total. The zero-order chi connectivity index (χ0) is 12.0. The molecule has 0 aliphatic rings. The molecule has 1 N–H and O–H groups in total. The summed E-state index contributed by atoms with van der Waals surface area (Å²) in [5.41, 5.74) is 1.17. The summed E-state index contributed by atoms with van der Waals surface area (Å²) in [5.74, 6) is 0.469. The predicted octanol–water partition coefficient (Wildman–Crippen LogP) is 3.50. The number of hydrogen-bond donors (Lipinski definition) is 1. The zero-order valence-electron chi connectivity index (χ0n) is 10.8. The van der Waals surface area contributed by atoms with E-state index in [0.29, 0.717) is 12.0 Å². The van der Waals surface area contributed by atoms with Crippen LogP contribution >= 0.6 is 11.5 Å². The molecule has 0 aromatic carbocycles. The fraction of sp³-hybridized carbons (Fsp3) is 0.833. The number of hydrogen-bond acceptors (Lipinski definition) is 4. The summed E-state index contributed by atoms with van der Waals surface area (Å²) in [7, 11) is 0. The first-order chi connectivity index (χ1) is 7.70. The maximum absolute atomic E-state index is 4.26. The molecule has 1 atom stereocenters. The van der Waals surface area contributed by atoms with Crippen molar-refractivity contribution in [3.8, 4) is 0 Å². The first kappa shape index (κ1) is 13.6. The normalized spacial score (nSPS) is 13.3. The molecule has 1 rings (SSSR count). The second-order valence-corrected chi connectivity index (χ2v) is 5.26. The SMILES string of the molecule is CCCNC(CCC)c1snnc1C(C)C. The van der Waals surface area contributed by atoms with Crippen LogP contribution in [-0.2, 0) is 0 Å².